The zero-order valence-corrected chi connectivity index (χ0v) is 19.8. The maximum Gasteiger partial charge on any atom is 0.136 e. The van der Waals surface area contributed by atoms with Crippen LogP contribution < -0.4 is 0 Å². The van der Waals surface area contributed by atoms with Crippen molar-refractivity contribution in [1.82, 2.24) is 0 Å². The van der Waals surface area contributed by atoms with E-state index in [2.05, 4.69) is 41.5 Å². The lowest BCUT2D eigenvalue weighted by atomic mass is 9.32. The van der Waals surface area contributed by atoms with Gasteiger partial charge in [0.2, 0.25) is 0 Å². The minimum Gasteiger partial charge on any atom is -0.393 e. The highest BCUT2D eigenvalue weighted by atomic mass is 16.3. The maximum atomic E-state index is 13.1. The molecule has 2 heteroatoms. The second-order valence-corrected chi connectivity index (χ2v) is 13.6. The van der Waals surface area contributed by atoms with Crippen molar-refractivity contribution in [2.45, 2.75) is 112 Å². The third kappa shape index (κ3) is 2.31. The fourth-order valence-corrected chi connectivity index (χ4v) is 10.6. The highest BCUT2D eigenvalue weighted by molar-refractivity contribution is 5.84. The smallest absolute Gasteiger partial charge is 0.136 e. The molecule has 0 aromatic rings. The average molecular weight is 401 g/mol. The molecule has 0 heterocycles. The van der Waals surface area contributed by atoms with Gasteiger partial charge in [-0.1, -0.05) is 41.5 Å². The Morgan fingerprint density at radius 3 is 2.21 bits per heavy atom. The third-order valence-corrected chi connectivity index (χ3v) is 12.6. The summed E-state index contributed by atoms with van der Waals surface area (Å²) in [6.07, 6.45) is 11.6. The molecule has 164 valence electrons. The predicted octanol–water partition coefficient (Wildman–Crippen LogP) is 6.40. The summed E-state index contributed by atoms with van der Waals surface area (Å²) in [7, 11) is 0. The van der Waals surface area contributed by atoms with E-state index in [1.54, 1.807) is 0 Å². The van der Waals surface area contributed by atoms with Crippen molar-refractivity contribution < 1.29 is 9.90 Å². The summed E-state index contributed by atoms with van der Waals surface area (Å²) >= 11 is 0. The van der Waals surface area contributed by atoms with Gasteiger partial charge in [0, 0.05) is 12.3 Å². The molecule has 0 aromatic carbocycles. The lowest BCUT2D eigenvalue weighted by Crippen LogP contribution is -2.66. The molecular formula is C27H44O2. The van der Waals surface area contributed by atoms with Gasteiger partial charge in [0.1, 0.15) is 5.78 Å². The van der Waals surface area contributed by atoms with Crippen molar-refractivity contribution in [3.8, 4) is 0 Å². The van der Waals surface area contributed by atoms with E-state index < -0.39 is 0 Å². The minimum atomic E-state index is -0.150. The zero-order chi connectivity index (χ0) is 21.0. The van der Waals surface area contributed by atoms with Crippen LogP contribution in [-0.2, 0) is 4.79 Å². The van der Waals surface area contributed by atoms with Gasteiger partial charge in [-0.25, -0.2) is 0 Å². The summed E-state index contributed by atoms with van der Waals surface area (Å²) in [5.74, 6) is 2.88. The lowest BCUT2D eigenvalue weighted by molar-refractivity contribution is -0.243. The first-order valence-electron chi connectivity index (χ1n) is 12.6. The minimum absolute atomic E-state index is 0.0264. The molecule has 29 heavy (non-hydrogen) atoms. The molecule has 0 aromatic heterocycles. The van der Waals surface area contributed by atoms with Crippen molar-refractivity contribution in [2.24, 2.45) is 50.7 Å². The third-order valence-electron chi connectivity index (χ3n) is 12.6. The standard InChI is InChI=1S/C27H44O2/c1-23(2)19-10-14-27(6)20(25(19,4)13-11-21(23)29)8-7-17-22-18(28)9-12-24(22,3)15-16-26(17,27)5/h17,19-22,29H,7-16H2,1-6H3/t17-,19+,20-,21+,22+,24-,25+,26-,27-/m1/s1. The number of hydrogen-bond acceptors (Lipinski definition) is 2. The number of Topliss-reactive ketones (excluding diaryl/α,β-unsaturated/α-hetero) is 1. The second kappa shape index (κ2) is 5.90. The van der Waals surface area contributed by atoms with Crippen LogP contribution in [0.3, 0.4) is 0 Å². The van der Waals surface area contributed by atoms with Crippen molar-refractivity contribution in [2.75, 3.05) is 0 Å². The maximum absolute atomic E-state index is 13.1. The van der Waals surface area contributed by atoms with Gasteiger partial charge in [0.25, 0.3) is 0 Å². The number of aliphatic hydroxyl groups is 1. The molecule has 0 bridgehead atoms. The quantitative estimate of drug-likeness (QED) is 0.511. The van der Waals surface area contributed by atoms with Crippen LogP contribution in [0.15, 0.2) is 0 Å². The molecule has 9 atom stereocenters. The Morgan fingerprint density at radius 1 is 0.759 bits per heavy atom. The number of carbonyl (C=O) groups excluding carboxylic acids is 1. The van der Waals surface area contributed by atoms with Gasteiger partial charge < -0.3 is 5.11 Å². The molecule has 5 fully saturated rings. The predicted molar refractivity (Wildman–Crippen MR) is 117 cm³/mol. The van der Waals surface area contributed by atoms with E-state index in [1.165, 1.54) is 44.9 Å². The summed E-state index contributed by atoms with van der Waals surface area (Å²) in [6.45, 7) is 14.9. The SMILES string of the molecule is CC1(C)[C@@H](O)CC[C@]2(C)[C@H]3CC[C@@H]4[C@H]5C(=O)CC[C@]5(C)CC[C@@]4(C)[C@]3(C)CC[C@@H]12. The number of rotatable bonds is 0. The first-order valence-corrected chi connectivity index (χ1v) is 12.6. The van der Waals surface area contributed by atoms with E-state index >= 15 is 0 Å². The van der Waals surface area contributed by atoms with Gasteiger partial charge in [0.15, 0.2) is 0 Å². The molecule has 0 radical (unpaired) electrons. The molecule has 1 N–H and O–H groups in total. The first kappa shape index (κ1) is 20.5. The normalized spacial score (nSPS) is 58.7. The Morgan fingerprint density at radius 2 is 1.48 bits per heavy atom. The van der Waals surface area contributed by atoms with Crippen molar-refractivity contribution in [3.63, 3.8) is 0 Å². The Balaban J connectivity index is 1.55. The Bertz CT molecular complexity index is 726. The van der Waals surface area contributed by atoms with E-state index in [1.807, 2.05) is 0 Å². The van der Waals surface area contributed by atoms with E-state index in [-0.39, 0.29) is 16.9 Å². The number of fused-ring (bicyclic) bond motifs is 7. The molecular weight excluding hydrogens is 356 g/mol. The van der Waals surface area contributed by atoms with Crippen molar-refractivity contribution in [3.05, 3.63) is 0 Å². The summed E-state index contributed by atoms with van der Waals surface area (Å²) in [5.41, 5.74) is 1.28. The van der Waals surface area contributed by atoms with Crippen LogP contribution in [-0.4, -0.2) is 17.0 Å². The topological polar surface area (TPSA) is 37.3 Å². The van der Waals surface area contributed by atoms with E-state index in [0.29, 0.717) is 39.8 Å². The highest BCUT2D eigenvalue weighted by Gasteiger charge is 2.70. The molecule has 5 rings (SSSR count). The van der Waals surface area contributed by atoms with Crippen LogP contribution in [0.4, 0.5) is 0 Å². The van der Waals surface area contributed by atoms with Crippen molar-refractivity contribution >= 4 is 5.78 Å². The molecule has 5 aliphatic rings. The number of carbonyl (C=O) groups is 1. The fourth-order valence-electron chi connectivity index (χ4n) is 10.6. The molecule has 0 amide bonds. The van der Waals surface area contributed by atoms with Gasteiger partial charge >= 0.3 is 0 Å². The molecule has 5 saturated carbocycles. The highest BCUT2D eigenvalue weighted by Crippen LogP contribution is 2.76. The second-order valence-electron chi connectivity index (χ2n) is 13.6. The van der Waals surface area contributed by atoms with Crippen LogP contribution in [0.5, 0.6) is 0 Å². The number of aliphatic hydroxyl groups excluding tert-OH is 1. The van der Waals surface area contributed by atoms with Crippen LogP contribution >= 0.6 is 0 Å². The molecule has 5 aliphatic carbocycles. The van der Waals surface area contributed by atoms with E-state index in [9.17, 15) is 9.90 Å². The molecule has 2 nitrogen and oxygen atoms in total. The zero-order valence-electron chi connectivity index (χ0n) is 19.8. The van der Waals surface area contributed by atoms with Gasteiger partial charge in [0.05, 0.1) is 6.10 Å². The van der Waals surface area contributed by atoms with Crippen LogP contribution in [0.2, 0.25) is 0 Å². The average Bonchev–Trinajstić information content (AvgIpc) is 2.95. The Labute approximate surface area is 178 Å². The Hall–Kier alpha value is -0.370. The molecule has 0 aliphatic heterocycles. The van der Waals surface area contributed by atoms with E-state index in [4.69, 9.17) is 0 Å². The largest absolute Gasteiger partial charge is 0.393 e. The van der Waals surface area contributed by atoms with Crippen LogP contribution in [0, 0.1) is 50.7 Å². The van der Waals surface area contributed by atoms with Gasteiger partial charge in [-0.2, -0.15) is 0 Å². The van der Waals surface area contributed by atoms with Gasteiger partial charge in [-0.3, -0.25) is 4.79 Å². The van der Waals surface area contributed by atoms with Crippen molar-refractivity contribution in [1.29, 1.82) is 0 Å². The summed E-state index contributed by atoms with van der Waals surface area (Å²) in [4.78, 5) is 13.1. The van der Waals surface area contributed by atoms with E-state index in [0.717, 1.165) is 25.2 Å². The molecule has 0 spiro atoms. The monoisotopic (exact) mass is 400 g/mol. The molecule has 0 unspecified atom stereocenters. The number of hydrogen-bond donors (Lipinski definition) is 1. The summed E-state index contributed by atoms with van der Waals surface area (Å²) in [5, 5.41) is 10.8. The Kier molecular flexibility index (Phi) is 4.18. The lowest BCUT2D eigenvalue weighted by Gasteiger charge is -2.72. The first-order chi connectivity index (χ1) is 13.4. The van der Waals surface area contributed by atoms with Gasteiger partial charge in [-0.15, -0.1) is 0 Å². The molecule has 0 saturated heterocycles. The van der Waals surface area contributed by atoms with Gasteiger partial charge in [-0.05, 0) is 103 Å². The van der Waals surface area contributed by atoms with Crippen LogP contribution in [0.25, 0.3) is 0 Å². The summed E-state index contributed by atoms with van der Waals surface area (Å²) < 4.78 is 0. The summed E-state index contributed by atoms with van der Waals surface area (Å²) in [6, 6.07) is 0. The number of ketones is 1. The fraction of sp³-hybridized carbons (Fsp3) is 0.963. The van der Waals surface area contributed by atoms with Crippen LogP contribution in [0.1, 0.15) is 106 Å².